The van der Waals surface area contributed by atoms with E-state index < -0.39 is 0 Å². The van der Waals surface area contributed by atoms with Gasteiger partial charge in [0.25, 0.3) is 0 Å². The van der Waals surface area contributed by atoms with Gasteiger partial charge in [-0.2, -0.15) is 0 Å². The Kier molecular flexibility index (Phi) is 6.02. The Morgan fingerprint density at radius 1 is 1.05 bits per heavy atom. The molecular weight excluding hydrogens is 238 g/mol. The van der Waals surface area contributed by atoms with Gasteiger partial charge in [0.05, 0.1) is 0 Å². The van der Waals surface area contributed by atoms with Gasteiger partial charge in [0, 0.05) is 18.0 Å². The topological polar surface area (TPSA) is 75.9 Å². The van der Waals surface area contributed by atoms with Crippen molar-refractivity contribution < 1.29 is 0 Å². The van der Waals surface area contributed by atoms with Crippen LogP contribution in [-0.4, -0.2) is 16.0 Å². The summed E-state index contributed by atoms with van der Waals surface area (Å²) in [6, 6.07) is 2.24. The van der Waals surface area contributed by atoms with Crippen LogP contribution in [0.4, 0.5) is 11.6 Å². The predicted molar refractivity (Wildman–Crippen MR) is 81.1 cm³/mol. The van der Waals surface area contributed by atoms with E-state index in [9.17, 15) is 0 Å². The summed E-state index contributed by atoms with van der Waals surface area (Å²) in [5.74, 6) is 8.74. The first-order valence-corrected chi connectivity index (χ1v) is 7.04. The number of hydrogen-bond acceptors (Lipinski definition) is 5. The number of aromatic nitrogens is 2. The van der Waals surface area contributed by atoms with Gasteiger partial charge in [0.15, 0.2) is 0 Å². The van der Waals surface area contributed by atoms with E-state index in [1.807, 2.05) is 6.07 Å². The zero-order valence-corrected chi connectivity index (χ0v) is 12.7. The Balaban J connectivity index is 2.73. The molecule has 1 atom stereocenters. The molecule has 0 radical (unpaired) electrons. The Hall–Kier alpha value is -1.36. The lowest BCUT2D eigenvalue weighted by atomic mass is 10.0. The Morgan fingerprint density at radius 3 is 2.21 bits per heavy atom. The number of rotatable bonds is 7. The van der Waals surface area contributed by atoms with Gasteiger partial charge in [-0.05, 0) is 25.7 Å². The minimum Gasteiger partial charge on any atom is -0.367 e. The molecule has 1 aromatic rings. The van der Waals surface area contributed by atoms with Gasteiger partial charge >= 0.3 is 0 Å². The van der Waals surface area contributed by atoms with Crippen molar-refractivity contribution in [2.45, 2.75) is 59.4 Å². The third-order valence-corrected chi connectivity index (χ3v) is 2.98. The number of nitrogens with one attached hydrogen (secondary N) is 2. The van der Waals surface area contributed by atoms with Gasteiger partial charge in [-0.15, -0.1) is 0 Å². The van der Waals surface area contributed by atoms with E-state index in [4.69, 9.17) is 5.84 Å². The average molecular weight is 265 g/mol. The number of nitrogens with zero attached hydrogens (tertiary/aromatic N) is 2. The minimum absolute atomic E-state index is 0.278. The summed E-state index contributed by atoms with van der Waals surface area (Å²) in [5.41, 5.74) is 2.59. The van der Waals surface area contributed by atoms with E-state index in [0.717, 1.165) is 24.0 Å². The lowest BCUT2D eigenvalue weighted by Gasteiger charge is -2.17. The van der Waals surface area contributed by atoms with Crippen LogP contribution < -0.4 is 16.6 Å². The van der Waals surface area contributed by atoms with Crippen molar-refractivity contribution in [1.82, 2.24) is 9.97 Å². The molecule has 0 fully saturated rings. The molecule has 1 rings (SSSR count). The quantitative estimate of drug-likeness (QED) is 0.521. The molecule has 1 unspecified atom stereocenters. The van der Waals surface area contributed by atoms with E-state index in [0.29, 0.717) is 11.9 Å². The smallest absolute Gasteiger partial charge is 0.145 e. The second-order valence-corrected chi connectivity index (χ2v) is 5.81. The summed E-state index contributed by atoms with van der Waals surface area (Å²) in [4.78, 5) is 8.88. The largest absolute Gasteiger partial charge is 0.367 e. The van der Waals surface area contributed by atoms with Crippen molar-refractivity contribution in [3.63, 3.8) is 0 Å². The van der Waals surface area contributed by atoms with Crippen molar-refractivity contribution in [2.75, 3.05) is 10.7 Å². The fourth-order valence-electron chi connectivity index (χ4n) is 1.78. The van der Waals surface area contributed by atoms with Crippen LogP contribution >= 0.6 is 0 Å². The minimum atomic E-state index is 0.278. The highest BCUT2D eigenvalue weighted by Gasteiger charge is 2.10. The highest BCUT2D eigenvalue weighted by atomic mass is 15.3. The second-order valence-electron chi connectivity index (χ2n) is 5.81. The number of hydrogen-bond donors (Lipinski definition) is 3. The van der Waals surface area contributed by atoms with Gasteiger partial charge < -0.3 is 10.7 Å². The monoisotopic (exact) mass is 265 g/mol. The van der Waals surface area contributed by atoms with E-state index in [-0.39, 0.29) is 5.92 Å². The van der Waals surface area contributed by atoms with Gasteiger partial charge in [0.2, 0.25) is 0 Å². The number of nitrogens with two attached hydrogens (primary N) is 1. The Labute approximate surface area is 116 Å². The van der Waals surface area contributed by atoms with Gasteiger partial charge in [-0.3, -0.25) is 0 Å². The highest BCUT2D eigenvalue weighted by molar-refractivity contribution is 5.47. The Morgan fingerprint density at radius 2 is 1.68 bits per heavy atom. The fourth-order valence-corrected chi connectivity index (χ4v) is 1.78. The van der Waals surface area contributed by atoms with E-state index in [1.165, 1.54) is 6.42 Å². The third kappa shape index (κ3) is 5.42. The van der Waals surface area contributed by atoms with Crippen LogP contribution in [0.15, 0.2) is 6.07 Å². The van der Waals surface area contributed by atoms with Crippen molar-refractivity contribution in [3.05, 3.63) is 11.9 Å². The first kappa shape index (κ1) is 15.7. The molecule has 0 amide bonds. The van der Waals surface area contributed by atoms with Crippen LogP contribution in [0.3, 0.4) is 0 Å². The SMILES string of the molecule is CC(C)CCC(C)Nc1cc(NN)nc(C(C)C)n1. The molecule has 0 saturated heterocycles. The summed E-state index contributed by atoms with van der Waals surface area (Å²) in [5, 5.41) is 3.42. The summed E-state index contributed by atoms with van der Waals surface area (Å²) < 4.78 is 0. The molecule has 19 heavy (non-hydrogen) atoms. The summed E-state index contributed by atoms with van der Waals surface area (Å²) in [6.07, 6.45) is 2.34. The third-order valence-electron chi connectivity index (χ3n) is 2.98. The van der Waals surface area contributed by atoms with Crippen LogP contribution in [0.25, 0.3) is 0 Å². The Bertz CT molecular complexity index is 389. The van der Waals surface area contributed by atoms with E-state index in [1.54, 1.807) is 0 Å². The maximum atomic E-state index is 5.45. The molecule has 0 aliphatic heterocycles. The first-order valence-electron chi connectivity index (χ1n) is 7.04. The summed E-state index contributed by atoms with van der Waals surface area (Å²) in [7, 11) is 0. The molecular formula is C14H27N5. The number of nitrogen functional groups attached to an aromatic ring is 1. The molecule has 4 N–H and O–H groups in total. The summed E-state index contributed by atoms with van der Waals surface area (Å²) >= 11 is 0. The predicted octanol–water partition coefficient (Wildman–Crippen LogP) is 3.12. The zero-order chi connectivity index (χ0) is 14.4. The number of hydrazine groups is 1. The molecule has 108 valence electrons. The van der Waals surface area contributed by atoms with Crippen LogP contribution in [-0.2, 0) is 0 Å². The lowest BCUT2D eigenvalue weighted by molar-refractivity contribution is 0.527. The molecule has 0 bridgehead atoms. The second kappa shape index (κ2) is 7.28. The fraction of sp³-hybridized carbons (Fsp3) is 0.714. The molecule has 1 aromatic heterocycles. The average Bonchev–Trinajstić information content (AvgIpc) is 2.35. The summed E-state index contributed by atoms with van der Waals surface area (Å²) in [6.45, 7) is 10.8. The van der Waals surface area contributed by atoms with Crippen LogP contribution in [0.5, 0.6) is 0 Å². The molecule has 0 spiro atoms. The van der Waals surface area contributed by atoms with Crippen molar-refractivity contribution in [3.8, 4) is 0 Å². The van der Waals surface area contributed by atoms with Gasteiger partial charge in [-0.25, -0.2) is 15.8 Å². The molecule has 0 aromatic carbocycles. The van der Waals surface area contributed by atoms with E-state index in [2.05, 4.69) is 55.3 Å². The van der Waals surface area contributed by atoms with Crippen molar-refractivity contribution >= 4 is 11.6 Å². The molecule has 0 aliphatic rings. The van der Waals surface area contributed by atoms with E-state index >= 15 is 0 Å². The highest BCUT2D eigenvalue weighted by Crippen LogP contribution is 2.18. The van der Waals surface area contributed by atoms with Gasteiger partial charge in [0.1, 0.15) is 17.5 Å². The van der Waals surface area contributed by atoms with Crippen LogP contribution in [0, 0.1) is 5.92 Å². The van der Waals surface area contributed by atoms with Crippen molar-refractivity contribution in [1.29, 1.82) is 0 Å². The first-order chi connectivity index (χ1) is 8.92. The lowest BCUT2D eigenvalue weighted by Crippen LogP contribution is -2.19. The normalized spacial score (nSPS) is 12.8. The van der Waals surface area contributed by atoms with Gasteiger partial charge in [-0.1, -0.05) is 27.7 Å². The maximum Gasteiger partial charge on any atom is 0.145 e. The molecule has 5 nitrogen and oxygen atoms in total. The van der Waals surface area contributed by atoms with Crippen molar-refractivity contribution in [2.24, 2.45) is 11.8 Å². The number of anilines is 2. The molecule has 5 heteroatoms. The maximum absolute atomic E-state index is 5.45. The van der Waals surface area contributed by atoms with Crippen LogP contribution in [0.1, 0.15) is 59.2 Å². The molecule has 0 aliphatic carbocycles. The molecule has 0 saturated carbocycles. The zero-order valence-electron chi connectivity index (χ0n) is 12.7. The standard InChI is InChI=1S/C14H27N5/c1-9(2)6-7-11(5)16-12-8-13(19-15)18-14(17-12)10(3)4/h8-11H,6-7,15H2,1-5H3,(H2,16,17,18,19). The van der Waals surface area contributed by atoms with Crippen LogP contribution in [0.2, 0.25) is 0 Å². The molecule has 1 heterocycles.